The van der Waals surface area contributed by atoms with Gasteiger partial charge in [-0.25, -0.2) is 9.98 Å². The lowest BCUT2D eigenvalue weighted by atomic mass is 10.2. The van der Waals surface area contributed by atoms with Gasteiger partial charge in [0, 0.05) is 6.54 Å². The monoisotopic (exact) mass is 385 g/mol. The van der Waals surface area contributed by atoms with Crippen molar-refractivity contribution in [3.05, 3.63) is 42.4 Å². The zero-order chi connectivity index (χ0) is 13.5. The highest BCUT2D eigenvalue weighted by atomic mass is 127. The van der Waals surface area contributed by atoms with E-state index in [-0.39, 0.29) is 24.0 Å². The van der Waals surface area contributed by atoms with Crippen molar-refractivity contribution in [3.63, 3.8) is 0 Å². The third-order valence-corrected chi connectivity index (χ3v) is 2.67. The number of nitrogens with two attached hydrogens (primary N) is 1. The lowest BCUT2D eigenvalue weighted by Crippen LogP contribution is -2.32. The molecule has 2 rings (SSSR count). The number of hydrogen-bond acceptors (Lipinski definition) is 2. The third kappa shape index (κ3) is 4.84. The van der Waals surface area contributed by atoms with Crippen molar-refractivity contribution in [3.8, 4) is 11.3 Å². The predicted octanol–water partition coefficient (Wildman–Crippen LogP) is 2.51. The number of aromatic nitrogens is 2. The average Bonchev–Trinajstić information content (AvgIpc) is 2.93. The Bertz CT molecular complexity index is 536. The van der Waals surface area contributed by atoms with Gasteiger partial charge < -0.3 is 16.0 Å². The van der Waals surface area contributed by atoms with Crippen LogP contribution in [0.4, 0.5) is 0 Å². The zero-order valence-corrected chi connectivity index (χ0v) is 13.8. The standard InChI is InChI=1S/C14H19N5.HI/c1-2-8-16-14(15)18-10-13-17-9-12(19-13)11-6-4-3-5-7-11;/h3-7,9H,2,8,10H2,1H3,(H,17,19)(H3,15,16,18);1H. The molecule has 1 aromatic carbocycles. The molecular formula is C14H20IN5. The van der Waals surface area contributed by atoms with Crippen LogP contribution in [0.2, 0.25) is 0 Å². The Morgan fingerprint density at radius 2 is 2.10 bits per heavy atom. The maximum atomic E-state index is 5.72. The van der Waals surface area contributed by atoms with Gasteiger partial charge >= 0.3 is 0 Å². The molecule has 0 bridgehead atoms. The summed E-state index contributed by atoms with van der Waals surface area (Å²) in [7, 11) is 0. The van der Waals surface area contributed by atoms with Gasteiger partial charge in [-0.15, -0.1) is 24.0 Å². The second kappa shape index (κ2) is 8.57. The molecule has 0 radical (unpaired) electrons. The molecule has 4 N–H and O–H groups in total. The fourth-order valence-electron chi connectivity index (χ4n) is 1.68. The molecule has 0 fully saturated rings. The van der Waals surface area contributed by atoms with Gasteiger partial charge in [-0.1, -0.05) is 37.3 Å². The zero-order valence-electron chi connectivity index (χ0n) is 11.5. The Kier molecular flexibility index (Phi) is 7.06. The number of aliphatic imine (C=N–C) groups is 1. The number of guanidine groups is 1. The molecule has 2 aromatic rings. The summed E-state index contributed by atoms with van der Waals surface area (Å²) in [6, 6.07) is 10.1. The third-order valence-electron chi connectivity index (χ3n) is 2.67. The van der Waals surface area contributed by atoms with E-state index >= 15 is 0 Å². The smallest absolute Gasteiger partial charge is 0.189 e. The molecule has 0 spiro atoms. The topological polar surface area (TPSA) is 79.1 Å². The highest BCUT2D eigenvalue weighted by Crippen LogP contribution is 2.16. The Morgan fingerprint density at radius 1 is 1.35 bits per heavy atom. The minimum atomic E-state index is 0. The number of benzene rings is 1. The second-order valence-corrected chi connectivity index (χ2v) is 4.24. The van der Waals surface area contributed by atoms with E-state index in [9.17, 15) is 0 Å². The largest absolute Gasteiger partial charge is 0.370 e. The maximum absolute atomic E-state index is 5.72. The van der Waals surface area contributed by atoms with Crippen LogP contribution >= 0.6 is 24.0 Å². The van der Waals surface area contributed by atoms with E-state index in [0.29, 0.717) is 12.5 Å². The fraction of sp³-hybridized carbons (Fsp3) is 0.286. The number of H-pyrrole nitrogens is 1. The van der Waals surface area contributed by atoms with Crippen LogP contribution in [0.25, 0.3) is 11.3 Å². The summed E-state index contributed by atoms with van der Waals surface area (Å²) in [6.07, 6.45) is 2.84. The highest BCUT2D eigenvalue weighted by molar-refractivity contribution is 14.0. The number of nitrogens with one attached hydrogen (secondary N) is 2. The molecule has 20 heavy (non-hydrogen) atoms. The Hall–Kier alpha value is -1.57. The van der Waals surface area contributed by atoms with E-state index in [1.807, 2.05) is 36.5 Å². The van der Waals surface area contributed by atoms with Gasteiger partial charge in [-0.2, -0.15) is 0 Å². The Labute approximate surface area is 136 Å². The summed E-state index contributed by atoms with van der Waals surface area (Å²) in [4.78, 5) is 11.8. The lowest BCUT2D eigenvalue weighted by Gasteiger charge is -2.02. The van der Waals surface area contributed by atoms with E-state index in [1.165, 1.54) is 0 Å². The van der Waals surface area contributed by atoms with Crippen LogP contribution in [0.5, 0.6) is 0 Å². The fourth-order valence-corrected chi connectivity index (χ4v) is 1.68. The molecule has 0 aliphatic rings. The summed E-state index contributed by atoms with van der Waals surface area (Å²) in [5.74, 6) is 1.26. The molecule has 108 valence electrons. The Balaban J connectivity index is 0.00000200. The van der Waals surface area contributed by atoms with Crippen molar-refractivity contribution in [1.29, 1.82) is 0 Å². The van der Waals surface area contributed by atoms with Crippen molar-refractivity contribution in [2.45, 2.75) is 19.9 Å². The highest BCUT2D eigenvalue weighted by Gasteiger charge is 2.02. The summed E-state index contributed by atoms with van der Waals surface area (Å²) < 4.78 is 0. The lowest BCUT2D eigenvalue weighted by molar-refractivity contribution is 0.820. The molecule has 5 nitrogen and oxygen atoms in total. The molecule has 0 amide bonds. The van der Waals surface area contributed by atoms with Crippen LogP contribution in [0.1, 0.15) is 19.2 Å². The van der Waals surface area contributed by atoms with E-state index in [0.717, 1.165) is 30.0 Å². The number of halogens is 1. The van der Waals surface area contributed by atoms with Crippen molar-refractivity contribution < 1.29 is 0 Å². The number of rotatable bonds is 5. The van der Waals surface area contributed by atoms with Crippen LogP contribution in [-0.4, -0.2) is 22.5 Å². The number of imidazole rings is 1. The average molecular weight is 385 g/mol. The molecule has 0 aliphatic heterocycles. The number of nitrogens with zero attached hydrogens (tertiary/aromatic N) is 2. The first-order chi connectivity index (χ1) is 9.29. The second-order valence-electron chi connectivity index (χ2n) is 4.24. The van der Waals surface area contributed by atoms with Crippen LogP contribution in [0, 0.1) is 0 Å². The van der Waals surface area contributed by atoms with Gasteiger partial charge in [0.25, 0.3) is 0 Å². The molecule has 1 aromatic heterocycles. The SMILES string of the molecule is CCCNC(N)=NCc1ncc(-c2ccccc2)[nH]1.I. The van der Waals surface area contributed by atoms with Crippen molar-refractivity contribution in [2.24, 2.45) is 10.7 Å². The van der Waals surface area contributed by atoms with Gasteiger partial charge in [0.1, 0.15) is 12.4 Å². The maximum Gasteiger partial charge on any atom is 0.189 e. The summed E-state index contributed by atoms with van der Waals surface area (Å²) >= 11 is 0. The minimum Gasteiger partial charge on any atom is -0.370 e. The van der Waals surface area contributed by atoms with Crippen LogP contribution in [-0.2, 0) is 6.54 Å². The predicted molar refractivity (Wildman–Crippen MR) is 93.1 cm³/mol. The molecule has 0 unspecified atom stereocenters. The summed E-state index contributed by atoms with van der Waals surface area (Å²) in [5, 5.41) is 3.03. The van der Waals surface area contributed by atoms with Crippen molar-refractivity contribution >= 4 is 29.9 Å². The minimum absolute atomic E-state index is 0. The first kappa shape index (κ1) is 16.5. The Morgan fingerprint density at radius 3 is 2.80 bits per heavy atom. The molecule has 1 heterocycles. The molecule has 0 saturated heterocycles. The van der Waals surface area contributed by atoms with E-state index < -0.39 is 0 Å². The van der Waals surface area contributed by atoms with Gasteiger partial charge in [0.2, 0.25) is 0 Å². The molecule has 0 saturated carbocycles. The molecule has 0 atom stereocenters. The summed E-state index contributed by atoms with van der Waals surface area (Å²) in [6.45, 7) is 3.37. The van der Waals surface area contributed by atoms with Gasteiger partial charge in [0.15, 0.2) is 5.96 Å². The first-order valence-electron chi connectivity index (χ1n) is 6.42. The molecule has 0 aliphatic carbocycles. The first-order valence-corrected chi connectivity index (χ1v) is 6.42. The number of hydrogen-bond donors (Lipinski definition) is 3. The van der Waals surface area contributed by atoms with E-state index in [4.69, 9.17) is 5.73 Å². The van der Waals surface area contributed by atoms with Gasteiger partial charge in [0.05, 0.1) is 11.9 Å². The van der Waals surface area contributed by atoms with E-state index in [2.05, 4.69) is 27.2 Å². The number of aromatic amines is 1. The van der Waals surface area contributed by atoms with Crippen LogP contribution in [0.15, 0.2) is 41.5 Å². The van der Waals surface area contributed by atoms with Gasteiger partial charge in [-0.05, 0) is 12.0 Å². The molecule has 6 heteroatoms. The van der Waals surface area contributed by atoms with Crippen molar-refractivity contribution in [2.75, 3.05) is 6.54 Å². The van der Waals surface area contributed by atoms with Crippen LogP contribution in [0.3, 0.4) is 0 Å². The van der Waals surface area contributed by atoms with Gasteiger partial charge in [-0.3, -0.25) is 0 Å². The summed E-state index contributed by atoms with van der Waals surface area (Å²) in [5.41, 5.74) is 7.83. The molecular weight excluding hydrogens is 365 g/mol. The van der Waals surface area contributed by atoms with Crippen molar-refractivity contribution in [1.82, 2.24) is 15.3 Å². The normalized spacial score (nSPS) is 10.9. The quantitative estimate of drug-likeness (QED) is 0.421. The van der Waals surface area contributed by atoms with Crippen LogP contribution < -0.4 is 11.1 Å². The van der Waals surface area contributed by atoms with E-state index in [1.54, 1.807) is 0 Å².